The summed E-state index contributed by atoms with van der Waals surface area (Å²) in [6.45, 7) is 2.15. The predicted molar refractivity (Wildman–Crippen MR) is 150 cm³/mol. The summed E-state index contributed by atoms with van der Waals surface area (Å²) in [5.41, 5.74) is 9.29. The number of aromatic nitrogens is 1. The molecule has 1 N–H and O–H groups in total. The quantitative estimate of drug-likeness (QED) is 0.282. The highest BCUT2D eigenvalue weighted by Gasteiger charge is 2.15. The molecule has 0 aliphatic carbocycles. The maximum atomic E-state index is 3.56. The number of benzene rings is 5. The van der Waals surface area contributed by atoms with Crippen LogP contribution in [0.4, 0.5) is 28.4 Å². The van der Waals surface area contributed by atoms with Crippen molar-refractivity contribution in [1.82, 2.24) is 4.98 Å². The van der Waals surface area contributed by atoms with Crippen LogP contribution in [0, 0.1) is 6.92 Å². The van der Waals surface area contributed by atoms with Crippen molar-refractivity contribution >= 4 is 50.2 Å². The molecule has 0 amide bonds. The smallest absolute Gasteiger partial charge is 0.0469 e. The lowest BCUT2D eigenvalue weighted by atomic mass is 10.1. The molecule has 1 aromatic heterocycles. The number of H-pyrrole nitrogens is 1. The van der Waals surface area contributed by atoms with Crippen molar-refractivity contribution in [1.29, 1.82) is 0 Å². The number of aryl methyl sites for hydroxylation is 1. The van der Waals surface area contributed by atoms with Gasteiger partial charge in [0.1, 0.15) is 0 Å². The molecule has 3 heteroatoms. The van der Waals surface area contributed by atoms with Gasteiger partial charge < -0.3 is 14.8 Å². The van der Waals surface area contributed by atoms with Gasteiger partial charge in [0, 0.05) is 57.3 Å². The van der Waals surface area contributed by atoms with Crippen LogP contribution in [0.1, 0.15) is 5.56 Å². The van der Waals surface area contributed by atoms with Gasteiger partial charge in [-0.1, -0.05) is 48.0 Å². The number of anilines is 5. The van der Waals surface area contributed by atoms with Crippen LogP contribution in [0.5, 0.6) is 0 Å². The molecule has 0 unspecified atom stereocenters. The van der Waals surface area contributed by atoms with Crippen LogP contribution in [0.3, 0.4) is 0 Å². The Morgan fingerprint density at radius 3 is 1.66 bits per heavy atom. The van der Waals surface area contributed by atoms with Crippen LogP contribution in [-0.2, 0) is 0 Å². The average molecular weight is 454 g/mol. The van der Waals surface area contributed by atoms with Gasteiger partial charge in [-0.15, -0.1) is 0 Å². The van der Waals surface area contributed by atoms with E-state index >= 15 is 0 Å². The Kier molecular flexibility index (Phi) is 5.23. The molecule has 35 heavy (non-hydrogen) atoms. The summed E-state index contributed by atoms with van der Waals surface area (Å²) in [5.74, 6) is 0. The van der Waals surface area contributed by atoms with E-state index in [0.717, 1.165) is 28.3 Å². The topological polar surface area (TPSA) is 22.3 Å². The van der Waals surface area contributed by atoms with Crippen LogP contribution in [-0.4, -0.2) is 12.0 Å². The largest absolute Gasteiger partial charge is 0.355 e. The molecule has 3 nitrogen and oxygen atoms in total. The van der Waals surface area contributed by atoms with Gasteiger partial charge in [0.15, 0.2) is 0 Å². The third-order valence-corrected chi connectivity index (χ3v) is 6.65. The van der Waals surface area contributed by atoms with E-state index in [-0.39, 0.29) is 0 Å². The Hall–Kier alpha value is -4.50. The molecule has 0 aliphatic rings. The molecule has 0 saturated carbocycles. The average Bonchev–Trinajstić information content (AvgIpc) is 3.27. The highest BCUT2D eigenvalue weighted by atomic mass is 15.1. The van der Waals surface area contributed by atoms with Gasteiger partial charge in [0.25, 0.3) is 0 Å². The van der Waals surface area contributed by atoms with Gasteiger partial charge in [0.2, 0.25) is 0 Å². The summed E-state index contributed by atoms with van der Waals surface area (Å²) < 4.78 is 0. The fraction of sp³-hybridized carbons (Fsp3) is 0.0625. The molecule has 0 bridgehead atoms. The van der Waals surface area contributed by atoms with Crippen LogP contribution < -0.4 is 9.80 Å². The van der Waals surface area contributed by atoms with E-state index in [0.29, 0.717) is 0 Å². The summed E-state index contributed by atoms with van der Waals surface area (Å²) in [6.07, 6.45) is 0. The van der Waals surface area contributed by atoms with Crippen molar-refractivity contribution in [3.05, 3.63) is 127 Å². The number of aromatic amines is 1. The number of nitrogens with one attached hydrogen (secondary N) is 1. The number of para-hydroxylation sites is 2. The molecule has 6 aromatic rings. The number of hydrogen-bond donors (Lipinski definition) is 1. The van der Waals surface area contributed by atoms with Crippen molar-refractivity contribution in [2.75, 3.05) is 16.8 Å². The lowest BCUT2D eigenvalue weighted by molar-refractivity contribution is 1.20. The van der Waals surface area contributed by atoms with Crippen LogP contribution in [0.15, 0.2) is 121 Å². The normalized spacial score (nSPS) is 11.1. The van der Waals surface area contributed by atoms with Crippen LogP contribution in [0.2, 0.25) is 0 Å². The standard InChI is InChI=1S/C32H27N3/c1-23-13-19-31-29(21-23)30-22-28(18-20-32(30)33-31)35(26-11-7-4-8-12-26)27-16-14-25(15-17-27)34(2)24-9-5-3-6-10-24/h3-22,33H,1-2H3. The maximum absolute atomic E-state index is 3.56. The highest BCUT2D eigenvalue weighted by Crippen LogP contribution is 2.38. The van der Waals surface area contributed by atoms with Crippen molar-refractivity contribution in [3.63, 3.8) is 0 Å². The molecular weight excluding hydrogens is 426 g/mol. The zero-order chi connectivity index (χ0) is 23.8. The van der Waals surface area contributed by atoms with Gasteiger partial charge >= 0.3 is 0 Å². The summed E-state index contributed by atoms with van der Waals surface area (Å²) in [7, 11) is 2.10. The molecule has 170 valence electrons. The second-order valence-electron chi connectivity index (χ2n) is 8.99. The second-order valence-corrected chi connectivity index (χ2v) is 8.99. The molecule has 1 heterocycles. The first kappa shape index (κ1) is 21.1. The fourth-order valence-electron chi connectivity index (χ4n) is 4.79. The minimum Gasteiger partial charge on any atom is -0.355 e. The van der Waals surface area contributed by atoms with E-state index in [1.807, 2.05) is 6.07 Å². The van der Waals surface area contributed by atoms with Gasteiger partial charge in [-0.3, -0.25) is 0 Å². The van der Waals surface area contributed by atoms with E-state index in [4.69, 9.17) is 0 Å². The molecule has 0 fully saturated rings. The Bertz CT molecular complexity index is 1600. The zero-order valence-electron chi connectivity index (χ0n) is 19.9. The molecular formula is C32H27N3. The van der Waals surface area contributed by atoms with Gasteiger partial charge in [-0.2, -0.15) is 0 Å². The lowest BCUT2D eigenvalue weighted by Crippen LogP contribution is -2.11. The summed E-state index contributed by atoms with van der Waals surface area (Å²) in [5, 5.41) is 2.50. The first-order valence-corrected chi connectivity index (χ1v) is 11.9. The van der Waals surface area contributed by atoms with E-state index in [1.165, 1.54) is 27.5 Å². The molecule has 0 saturated heterocycles. The summed E-state index contributed by atoms with van der Waals surface area (Å²) >= 11 is 0. The molecule has 5 aromatic carbocycles. The lowest BCUT2D eigenvalue weighted by Gasteiger charge is -2.27. The highest BCUT2D eigenvalue weighted by molar-refractivity contribution is 6.09. The summed E-state index contributed by atoms with van der Waals surface area (Å²) in [6, 6.07) is 43.0. The molecule has 6 rings (SSSR count). The minimum atomic E-state index is 1.12. The van der Waals surface area contributed by atoms with Gasteiger partial charge in [-0.25, -0.2) is 0 Å². The molecule has 0 atom stereocenters. The third kappa shape index (κ3) is 3.91. The second kappa shape index (κ2) is 8.69. The predicted octanol–water partition coefficient (Wildman–Crippen LogP) is 8.87. The Balaban J connectivity index is 1.45. The van der Waals surface area contributed by atoms with E-state index < -0.39 is 0 Å². The Morgan fingerprint density at radius 2 is 0.971 bits per heavy atom. The molecule has 0 radical (unpaired) electrons. The van der Waals surface area contributed by atoms with Crippen molar-refractivity contribution in [2.45, 2.75) is 6.92 Å². The summed E-state index contributed by atoms with van der Waals surface area (Å²) in [4.78, 5) is 8.09. The number of hydrogen-bond acceptors (Lipinski definition) is 2. The number of fused-ring (bicyclic) bond motifs is 3. The van der Waals surface area contributed by atoms with Crippen molar-refractivity contribution in [3.8, 4) is 0 Å². The van der Waals surface area contributed by atoms with Crippen molar-refractivity contribution in [2.24, 2.45) is 0 Å². The zero-order valence-corrected chi connectivity index (χ0v) is 19.9. The Labute approximate surface area is 205 Å². The third-order valence-electron chi connectivity index (χ3n) is 6.65. The first-order chi connectivity index (χ1) is 17.2. The van der Waals surface area contributed by atoms with Gasteiger partial charge in [0.05, 0.1) is 0 Å². The molecule has 0 aliphatic heterocycles. The van der Waals surface area contributed by atoms with Gasteiger partial charge in [-0.05, 0) is 85.8 Å². The monoisotopic (exact) mass is 453 g/mol. The minimum absolute atomic E-state index is 1.12. The number of rotatable bonds is 5. The van der Waals surface area contributed by atoms with Crippen LogP contribution >= 0.6 is 0 Å². The van der Waals surface area contributed by atoms with Crippen molar-refractivity contribution < 1.29 is 0 Å². The van der Waals surface area contributed by atoms with E-state index in [1.54, 1.807) is 0 Å². The number of nitrogens with zero attached hydrogens (tertiary/aromatic N) is 2. The molecule has 0 spiro atoms. The maximum Gasteiger partial charge on any atom is 0.0469 e. The first-order valence-electron chi connectivity index (χ1n) is 11.9. The van der Waals surface area contributed by atoms with E-state index in [9.17, 15) is 0 Å². The van der Waals surface area contributed by atoms with Crippen LogP contribution in [0.25, 0.3) is 21.8 Å². The SMILES string of the molecule is Cc1ccc2[nH]c3ccc(N(c4ccccc4)c4ccc(N(C)c5ccccc5)cc4)cc3c2c1. The fourth-order valence-corrected chi connectivity index (χ4v) is 4.79. The van der Waals surface area contributed by atoms with E-state index in [2.05, 4.69) is 144 Å². The Morgan fingerprint density at radius 1 is 0.486 bits per heavy atom.